The number of benzene rings is 1. The van der Waals surface area contributed by atoms with Crippen LogP contribution in [0.15, 0.2) is 42.6 Å². The van der Waals surface area contributed by atoms with E-state index >= 15 is 0 Å². The molecule has 0 unspecified atom stereocenters. The van der Waals surface area contributed by atoms with Crippen LogP contribution in [0, 0.1) is 34.5 Å². The van der Waals surface area contributed by atoms with Crippen molar-refractivity contribution < 1.29 is 0 Å². The molecule has 3 heteroatoms. The standard InChI is InChI=1S/C23H25N3/c24-15-21-9-5-18(6-10-21)4-7-19-2-1-3-20(14-19)8-11-22-12-13-23(16-25)26-17-22/h5-6,9-10,12-13,17,19-20H,1-4,7-8,11,14H2/t19-,20+/m0/s1. The molecule has 2 aromatic rings. The Hall–Kier alpha value is -2.65. The van der Waals surface area contributed by atoms with Crippen LogP contribution in [0.4, 0.5) is 0 Å². The van der Waals surface area contributed by atoms with Crippen molar-refractivity contribution in [1.82, 2.24) is 4.98 Å². The molecular weight excluding hydrogens is 318 g/mol. The lowest BCUT2D eigenvalue weighted by Crippen LogP contribution is -2.17. The van der Waals surface area contributed by atoms with Crippen molar-refractivity contribution in [3.63, 3.8) is 0 Å². The quantitative estimate of drug-likeness (QED) is 0.724. The minimum absolute atomic E-state index is 0.495. The summed E-state index contributed by atoms with van der Waals surface area (Å²) in [6.45, 7) is 0. The molecule has 26 heavy (non-hydrogen) atoms. The van der Waals surface area contributed by atoms with Crippen LogP contribution in [0.5, 0.6) is 0 Å². The minimum atomic E-state index is 0.495. The highest BCUT2D eigenvalue weighted by atomic mass is 14.7. The number of pyridine rings is 1. The van der Waals surface area contributed by atoms with Crippen LogP contribution in [0.1, 0.15) is 60.9 Å². The normalized spacial score (nSPS) is 19.5. The molecule has 1 aliphatic carbocycles. The molecule has 0 amide bonds. The van der Waals surface area contributed by atoms with E-state index in [1.54, 1.807) is 0 Å². The molecule has 1 aromatic carbocycles. The number of rotatable bonds is 6. The van der Waals surface area contributed by atoms with Crippen LogP contribution in [-0.4, -0.2) is 4.98 Å². The van der Waals surface area contributed by atoms with Crippen LogP contribution in [0.25, 0.3) is 0 Å². The van der Waals surface area contributed by atoms with Gasteiger partial charge in [0.2, 0.25) is 0 Å². The topological polar surface area (TPSA) is 60.5 Å². The van der Waals surface area contributed by atoms with Crippen LogP contribution in [0.3, 0.4) is 0 Å². The lowest BCUT2D eigenvalue weighted by Gasteiger charge is -2.29. The fourth-order valence-corrected chi connectivity index (χ4v) is 4.05. The van der Waals surface area contributed by atoms with Crippen molar-refractivity contribution >= 4 is 0 Å². The first-order valence-corrected chi connectivity index (χ1v) is 9.61. The zero-order valence-electron chi connectivity index (χ0n) is 15.2. The van der Waals surface area contributed by atoms with Gasteiger partial charge in [-0.2, -0.15) is 10.5 Å². The molecule has 0 bridgehead atoms. The lowest BCUT2D eigenvalue weighted by molar-refractivity contribution is 0.244. The van der Waals surface area contributed by atoms with Crippen molar-refractivity contribution in [1.29, 1.82) is 10.5 Å². The van der Waals surface area contributed by atoms with E-state index in [-0.39, 0.29) is 0 Å². The molecule has 1 fully saturated rings. The maximum absolute atomic E-state index is 8.88. The van der Waals surface area contributed by atoms with Gasteiger partial charge in [-0.3, -0.25) is 0 Å². The zero-order chi connectivity index (χ0) is 18.2. The van der Waals surface area contributed by atoms with Gasteiger partial charge in [0.1, 0.15) is 11.8 Å². The summed E-state index contributed by atoms with van der Waals surface area (Å²) >= 11 is 0. The SMILES string of the molecule is N#Cc1ccc(CC[C@@H]2CCC[C@H](CCc3ccc(C#N)nc3)C2)cc1. The van der Waals surface area contributed by atoms with Crippen LogP contribution < -0.4 is 0 Å². The Balaban J connectivity index is 1.44. The third-order valence-corrected chi connectivity index (χ3v) is 5.60. The summed E-state index contributed by atoms with van der Waals surface area (Å²) in [6, 6.07) is 16.1. The average molecular weight is 343 g/mol. The molecule has 3 rings (SSSR count). The van der Waals surface area contributed by atoms with E-state index in [4.69, 9.17) is 10.5 Å². The van der Waals surface area contributed by atoms with Crippen molar-refractivity contribution in [3.05, 3.63) is 65.0 Å². The molecule has 1 saturated carbocycles. The van der Waals surface area contributed by atoms with Crippen LogP contribution in [-0.2, 0) is 12.8 Å². The second kappa shape index (κ2) is 9.16. The Labute approximate surface area is 156 Å². The van der Waals surface area contributed by atoms with Gasteiger partial charge in [0.15, 0.2) is 0 Å². The minimum Gasteiger partial charge on any atom is -0.245 e. The Kier molecular flexibility index (Phi) is 6.39. The molecule has 0 saturated heterocycles. The van der Waals surface area contributed by atoms with E-state index in [0.29, 0.717) is 5.69 Å². The molecule has 1 aromatic heterocycles. The van der Waals surface area contributed by atoms with Crippen molar-refractivity contribution in [3.8, 4) is 12.1 Å². The predicted molar refractivity (Wildman–Crippen MR) is 102 cm³/mol. The summed E-state index contributed by atoms with van der Waals surface area (Å²) in [5.74, 6) is 1.63. The second-order valence-corrected chi connectivity index (χ2v) is 7.45. The monoisotopic (exact) mass is 343 g/mol. The highest BCUT2D eigenvalue weighted by Crippen LogP contribution is 2.34. The van der Waals surface area contributed by atoms with Gasteiger partial charge in [-0.05, 0) is 73.3 Å². The molecule has 0 aliphatic heterocycles. The molecule has 0 radical (unpaired) electrons. The fraction of sp³-hybridized carbons (Fsp3) is 0.435. The van der Waals surface area contributed by atoms with Gasteiger partial charge < -0.3 is 0 Å². The van der Waals surface area contributed by atoms with Gasteiger partial charge in [-0.1, -0.05) is 37.5 Å². The fourth-order valence-electron chi connectivity index (χ4n) is 4.05. The van der Waals surface area contributed by atoms with Crippen molar-refractivity contribution in [2.45, 2.75) is 51.4 Å². The van der Waals surface area contributed by atoms with E-state index in [1.165, 1.54) is 49.7 Å². The molecule has 0 spiro atoms. The van der Waals surface area contributed by atoms with Gasteiger partial charge in [-0.25, -0.2) is 4.98 Å². The number of hydrogen-bond acceptors (Lipinski definition) is 3. The molecule has 0 N–H and O–H groups in total. The molecule has 1 heterocycles. The summed E-state index contributed by atoms with van der Waals surface area (Å²) in [7, 11) is 0. The van der Waals surface area contributed by atoms with Gasteiger partial charge >= 0.3 is 0 Å². The van der Waals surface area contributed by atoms with Crippen molar-refractivity contribution in [2.24, 2.45) is 11.8 Å². The van der Waals surface area contributed by atoms with Crippen LogP contribution >= 0.6 is 0 Å². The zero-order valence-corrected chi connectivity index (χ0v) is 15.2. The number of nitrogens with zero attached hydrogens (tertiary/aromatic N) is 3. The number of nitriles is 2. The lowest BCUT2D eigenvalue weighted by atomic mass is 9.77. The van der Waals surface area contributed by atoms with E-state index in [9.17, 15) is 0 Å². The Morgan fingerprint density at radius 1 is 0.846 bits per heavy atom. The third-order valence-electron chi connectivity index (χ3n) is 5.60. The predicted octanol–water partition coefficient (Wildman–Crippen LogP) is 5.20. The summed E-state index contributed by atoms with van der Waals surface area (Å²) in [4.78, 5) is 4.17. The highest BCUT2D eigenvalue weighted by molar-refractivity contribution is 5.31. The number of aryl methyl sites for hydroxylation is 2. The average Bonchev–Trinajstić information content (AvgIpc) is 2.72. The molecular formula is C23H25N3. The second-order valence-electron chi connectivity index (χ2n) is 7.45. The first-order valence-electron chi connectivity index (χ1n) is 9.61. The van der Waals surface area contributed by atoms with Crippen LogP contribution in [0.2, 0.25) is 0 Å². The van der Waals surface area contributed by atoms with E-state index in [0.717, 1.165) is 30.2 Å². The largest absolute Gasteiger partial charge is 0.245 e. The highest BCUT2D eigenvalue weighted by Gasteiger charge is 2.21. The summed E-state index contributed by atoms with van der Waals surface area (Å²) in [5, 5.41) is 17.7. The van der Waals surface area contributed by atoms with E-state index in [2.05, 4.69) is 29.3 Å². The van der Waals surface area contributed by atoms with Gasteiger partial charge in [0.25, 0.3) is 0 Å². The summed E-state index contributed by atoms with van der Waals surface area (Å²) < 4.78 is 0. The van der Waals surface area contributed by atoms with Gasteiger partial charge in [-0.15, -0.1) is 0 Å². The molecule has 132 valence electrons. The Morgan fingerprint density at radius 3 is 2.08 bits per heavy atom. The smallest absolute Gasteiger partial charge is 0.140 e. The number of aromatic nitrogens is 1. The molecule has 1 aliphatic rings. The van der Waals surface area contributed by atoms with Crippen molar-refractivity contribution in [2.75, 3.05) is 0 Å². The maximum atomic E-state index is 8.88. The third kappa shape index (κ3) is 5.17. The van der Waals surface area contributed by atoms with E-state index in [1.807, 2.05) is 30.5 Å². The van der Waals surface area contributed by atoms with Gasteiger partial charge in [0.05, 0.1) is 11.6 Å². The first kappa shape index (κ1) is 18.2. The van der Waals surface area contributed by atoms with Gasteiger partial charge in [0, 0.05) is 6.20 Å². The number of hydrogen-bond donors (Lipinski definition) is 0. The Morgan fingerprint density at radius 2 is 1.50 bits per heavy atom. The summed E-state index contributed by atoms with van der Waals surface area (Å²) in [6.07, 6.45) is 11.9. The Bertz CT molecular complexity index is 711. The maximum Gasteiger partial charge on any atom is 0.140 e. The first-order chi connectivity index (χ1) is 12.8. The molecule has 2 atom stereocenters. The molecule has 3 nitrogen and oxygen atoms in total. The van der Waals surface area contributed by atoms with E-state index < -0.39 is 0 Å². The summed E-state index contributed by atoms with van der Waals surface area (Å²) in [5.41, 5.74) is 3.82.